The van der Waals surface area contributed by atoms with E-state index < -0.39 is 11.6 Å². The third-order valence-corrected chi connectivity index (χ3v) is 6.56. The maximum Gasteiger partial charge on any atom is 0.325 e. The molecule has 0 aromatic carbocycles. The Labute approximate surface area is 175 Å². The van der Waals surface area contributed by atoms with E-state index in [0.717, 1.165) is 30.7 Å². The number of nitrogens with zero attached hydrogens (tertiary/aromatic N) is 1. The molecule has 2 rings (SSSR count). The van der Waals surface area contributed by atoms with Gasteiger partial charge in [-0.05, 0) is 50.5 Å². The average Bonchev–Trinajstić information content (AvgIpc) is 2.85. The number of urea groups is 1. The van der Waals surface area contributed by atoms with Crippen molar-refractivity contribution in [1.82, 2.24) is 20.9 Å². The van der Waals surface area contributed by atoms with Gasteiger partial charge in [-0.3, -0.25) is 14.5 Å². The molecule has 1 aliphatic heterocycles. The molecule has 0 aromatic rings. The van der Waals surface area contributed by atoms with Crippen LogP contribution in [0.15, 0.2) is 0 Å². The second-order valence-electron chi connectivity index (χ2n) is 8.78. The van der Waals surface area contributed by atoms with Gasteiger partial charge in [0.05, 0.1) is 0 Å². The third kappa shape index (κ3) is 5.38. The van der Waals surface area contributed by atoms with Crippen LogP contribution in [0.2, 0.25) is 0 Å². The highest BCUT2D eigenvalue weighted by atomic mass is 35.5. The zero-order chi connectivity index (χ0) is 20.2. The molecule has 0 radical (unpaired) electrons. The predicted molar refractivity (Wildman–Crippen MR) is 112 cm³/mol. The number of nitrogens with one attached hydrogen (secondary N) is 3. The zero-order valence-electron chi connectivity index (χ0n) is 17.9. The molecule has 2 aliphatic rings. The van der Waals surface area contributed by atoms with E-state index in [0.29, 0.717) is 25.3 Å². The molecule has 28 heavy (non-hydrogen) atoms. The smallest absolute Gasteiger partial charge is 0.325 e. The number of carbonyl (C=O) groups is 3. The number of likely N-dealkylation sites (N-methyl/N-ethyl adjacent to an activating group) is 1. The maximum atomic E-state index is 12.9. The van der Waals surface area contributed by atoms with Crippen molar-refractivity contribution in [3.05, 3.63) is 0 Å². The number of hydrogen-bond acceptors (Lipinski definition) is 4. The van der Waals surface area contributed by atoms with E-state index in [1.165, 1.54) is 0 Å². The maximum absolute atomic E-state index is 12.9. The normalized spacial score (nSPS) is 26.0. The fourth-order valence-corrected chi connectivity index (χ4v) is 4.23. The summed E-state index contributed by atoms with van der Waals surface area (Å²) in [6, 6.07) is -0.298. The van der Waals surface area contributed by atoms with Crippen molar-refractivity contribution in [2.75, 3.05) is 19.6 Å². The van der Waals surface area contributed by atoms with Gasteiger partial charge >= 0.3 is 6.03 Å². The van der Waals surface area contributed by atoms with Crippen LogP contribution < -0.4 is 16.0 Å². The van der Waals surface area contributed by atoms with E-state index >= 15 is 0 Å². The first-order chi connectivity index (χ1) is 12.6. The number of halogens is 1. The summed E-state index contributed by atoms with van der Waals surface area (Å²) in [7, 11) is 0. The van der Waals surface area contributed by atoms with Gasteiger partial charge in [0, 0.05) is 12.6 Å². The molecule has 1 spiro atoms. The van der Waals surface area contributed by atoms with E-state index in [1.54, 1.807) is 0 Å². The molecule has 8 heteroatoms. The van der Waals surface area contributed by atoms with Crippen molar-refractivity contribution >= 4 is 30.3 Å². The summed E-state index contributed by atoms with van der Waals surface area (Å²) in [5, 5.41) is 8.89. The van der Waals surface area contributed by atoms with Crippen LogP contribution in [0.3, 0.4) is 0 Å². The Hall–Kier alpha value is -1.34. The first-order valence-corrected chi connectivity index (χ1v) is 10.3. The van der Waals surface area contributed by atoms with Gasteiger partial charge in [0.1, 0.15) is 12.1 Å². The lowest BCUT2D eigenvalue weighted by molar-refractivity contribution is -0.136. The van der Waals surface area contributed by atoms with Crippen LogP contribution in [-0.4, -0.2) is 54.0 Å². The molecule has 3 N–H and O–H groups in total. The molecule has 1 aliphatic carbocycles. The molecule has 2 fully saturated rings. The SMILES string of the molecule is CCN[C@H](C)CNC(=O)CN1C(=O)NC2(CCC(C(C)(C)CC)CC2)C1=O.Cl. The first kappa shape index (κ1) is 24.7. The Balaban J connectivity index is 0.00000392. The number of hydrogen-bond donors (Lipinski definition) is 3. The zero-order valence-corrected chi connectivity index (χ0v) is 18.7. The second-order valence-corrected chi connectivity index (χ2v) is 8.78. The van der Waals surface area contributed by atoms with Crippen molar-refractivity contribution in [1.29, 1.82) is 0 Å². The lowest BCUT2D eigenvalue weighted by Gasteiger charge is -2.42. The predicted octanol–water partition coefficient (Wildman–Crippen LogP) is 2.44. The standard InChI is InChI=1S/C20H36N4O3.ClH/c1-6-19(4,5)15-8-10-20(11-9-15)17(26)24(18(27)23-20)13-16(25)22-12-14(3)21-7-2;/h14-15,21H,6-13H2,1-5H3,(H,22,25)(H,23,27);1H/t14-,15?,20?;/m1./s1. The fourth-order valence-electron chi connectivity index (χ4n) is 4.23. The molecule has 1 heterocycles. The molecule has 162 valence electrons. The summed E-state index contributed by atoms with van der Waals surface area (Å²) in [4.78, 5) is 38.6. The number of carbonyl (C=O) groups excluding carboxylic acids is 3. The molecular formula is C20H37ClN4O3. The second kappa shape index (κ2) is 9.92. The van der Waals surface area contributed by atoms with Crippen molar-refractivity contribution in [2.24, 2.45) is 11.3 Å². The van der Waals surface area contributed by atoms with Gasteiger partial charge < -0.3 is 16.0 Å². The van der Waals surface area contributed by atoms with Crippen LogP contribution in [0, 0.1) is 11.3 Å². The average molecular weight is 417 g/mol. The molecular weight excluding hydrogens is 380 g/mol. The topological polar surface area (TPSA) is 90.5 Å². The van der Waals surface area contributed by atoms with E-state index in [4.69, 9.17) is 0 Å². The molecule has 4 amide bonds. The Bertz CT molecular complexity index is 574. The van der Waals surface area contributed by atoms with Crippen molar-refractivity contribution in [2.45, 2.75) is 78.3 Å². The molecule has 7 nitrogen and oxygen atoms in total. The first-order valence-electron chi connectivity index (χ1n) is 10.3. The van der Waals surface area contributed by atoms with Crippen LogP contribution in [0.4, 0.5) is 4.79 Å². The summed E-state index contributed by atoms with van der Waals surface area (Å²) >= 11 is 0. The Morgan fingerprint density at radius 1 is 1.29 bits per heavy atom. The van der Waals surface area contributed by atoms with Gasteiger partial charge in [-0.25, -0.2) is 4.79 Å². The fraction of sp³-hybridized carbons (Fsp3) is 0.850. The molecule has 0 bridgehead atoms. The minimum Gasteiger partial charge on any atom is -0.353 e. The lowest BCUT2D eigenvalue weighted by Crippen LogP contribution is -2.51. The highest BCUT2D eigenvalue weighted by Gasteiger charge is 2.53. The van der Waals surface area contributed by atoms with Crippen LogP contribution in [0.5, 0.6) is 0 Å². The highest BCUT2D eigenvalue weighted by molar-refractivity contribution is 6.09. The van der Waals surface area contributed by atoms with Crippen molar-refractivity contribution in [3.8, 4) is 0 Å². The minimum absolute atomic E-state index is 0. The number of rotatable bonds is 8. The number of amides is 4. The Morgan fingerprint density at radius 2 is 1.89 bits per heavy atom. The lowest BCUT2D eigenvalue weighted by atomic mass is 9.65. The highest BCUT2D eigenvalue weighted by Crippen LogP contribution is 2.45. The van der Waals surface area contributed by atoms with Gasteiger partial charge in [0.2, 0.25) is 5.91 Å². The van der Waals surface area contributed by atoms with E-state index in [1.807, 2.05) is 13.8 Å². The summed E-state index contributed by atoms with van der Waals surface area (Å²) in [5.41, 5.74) is -0.565. The van der Waals surface area contributed by atoms with E-state index in [-0.39, 0.29) is 42.2 Å². The third-order valence-electron chi connectivity index (χ3n) is 6.56. The molecule has 1 atom stereocenters. The van der Waals surface area contributed by atoms with Gasteiger partial charge in [0.25, 0.3) is 5.91 Å². The minimum atomic E-state index is -0.811. The number of imide groups is 1. The van der Waals surface area contributed by atoms with Gasteiger partial charge in [-0.1, -0.05) is 34.1 Å². The molecule has 1 saturated carbocycles. The largest absolute Gasteiger partial charge is 0.353 e. The quantitative estimate of drug-likeness (QED) is 0.530. The van der Waals surface area contributed by atoms with Crippen molar-refractivity contribution < 1.29 is 14.4 Å². The summed E-state index contributed by atoms with van der Waals surface area (Å²) < 4.78 is 0. The van der Waals surface area contributed by atoms with E-state index in [9.17, 15) is 14.4 Å². The van der Waals surface area contributed by atoms with Gasteiger partial charge in [-0.2, -0.15) is 0 Å². The summed E-state index contributed by atoms with van der Waals surface area (Å²) in [6.07, 6.45) is 4.26. The van der Waals surface area contributed by atoms with Crippen LogP contribution >= 0.6 is 12.4 Å². The van der Waals surface area contributed by atoms with Crippen LogP contribution in [-0.2, 0) is 9.59 Å². The van der Waals surface area contributed by atoms with E-state index in [2.05, 4.69) is 36.7 Å². The van der Waals surface area contributed by atoms with Gasteiger partial charge in [-0.15, -0.1) is 12.4 Å². The monoisotopic (exact) mass is 416 g/mol. The molecule has 1 saturated heterocycles. The Morgan fingerprint density at radius 3 is 2.43 bits per heavy atom. The van der Waals surface area contributed by atoms with Crippen LogP contribution in [0.25, 0.3) is 0 Å². The van der Waals surface area contributed by atoms with Crippen LogP contribution in [0.1, 0.15) is 66.7 Å². The summed E-state index contributed by atoms with van der Waals surface area (Å²) in [6.45, 7) is 11.8. The van der Waals surface area contributed by atoms with Gasteiger partial charge in [0.15, 0.2) is 0 Å². The Kier molecular flexibility index (Phi) is 8.75. The summed E-state index contributed by atoms with van der Waals surface area (Å²) in [5.74, 6) is 0.0129. The molecule has 0 unspecified atom stereocenters. The van der Waals surface area contributed by atoms with Crippen molar-refractivity contribution in [3.63, 3.8) is 0 Å². The molecule has 0 aromatic heterocycles.